The Morgan fingerprint density at radius 1 is 1.11 bits per heavy atom. The highest BCUT2D eigenvalue weighted by Crippen LogP contribution is 2.22. The van der Waals surface area contributed by atoms with E-state index >= 15 is 0 Å². The minimum atomic E-state index is -3.67. The molecule has 1 heterocycles. The van der Waals surface area contributed by atoms with Crippen LogP contribution in [0.1, 0.15) is 28.4 Å². The fraction of sp³-hybridized carbons (Fsp3) is 0.211. The Balaban J connectivity index is 1.65. The number of fused-ring (bicyclic) bond motifs is 1. The molecule has 1 aliphatic rings. The molecule has 8 heteroatoms. The molecule has 0 amide bonds. The number of hydrogen-bond acceptors (Lipinski definition) is 6. The standard InChI is InChI=1S/C19H18N2O5S/c1-12-7-9-14(10-8-12)18(23)13(2)26-17(22)11-20-19-15-5-3-4-6-16(15)27(24,25)21-19/h3-10,13H,11H2,1-2H3,(H,20,21). The number of Topliss-reactive ketones (excluding diaryl/α,β-unsaturated/α-hetero) is 1. The molecule has 0 aromatic heterocycles. The van der Waals surface area contributed by atoms with E-state index in [0.29, 0.717) is 11.1 Å². The number of aliphatic imine (C=N–C) groups is 1. The Bertz CT molecular complexity index is 1030. The van der Waals surface area contributed by atoms with Crippen molar-refractivity contribution in [2.24, 2.45) is 4.99 Å². The second-order valence-corrected chi connectivity index (χ2v) is 7.78. The van der Waals surface area contributed by atoms with Gasteiger partial charge in [0.1, 0.15) is 12.4 Å². The number of nitrogens with one attached hydrogen (secondary N) is 1. The lowest BCUT2D eigenvalue weighted by Gasteiger charge is -2.11. The molecule has 1 N–H and O–H groups in total. The summed E-state index contributed by atoms with van der Waals surface area (Å²) in [6.07, 6.45) is -0.965. The minimum absolute atomic E-state index is 0.0834. The molecule has 3 rings (SSSR count). The molecular formula is C19H18N2O5S. The highest BCUT2D eigenvalue weighted by atomic mass is 32.2. The summed E-state index contributed by atoms with van der Waals surface area (Å²) < 4.78 is 31.4. The van der Waals surface area contributed by atoms with Crippen LogP contribution in [-0.2, 0) is 19.6 Å². The zero-order chi connectivity index (χ0) is 19.6. The summed E-state index contributed by atoms with van der Waals surface area (Å²) in [5.41, 5.74) is 1.87. The van der Waals surface area contributed by atoms with Crippen molar-refractivity contribution in [3.63, 3.8) is 0 Å². The first-order chi connectivity index (χ1) is 12.8. The van der Waals surface area contributed by atoms with Gasteiger partial charge >= 0.3 is 5.97 Å². The van der Waals surface area contributed by atoms with Gasteiger partial charge in [0.25, 0.3) is 10.0 Å². The summed E-state index contributed by atoms with van der Waals surface area (Å²) in [6.45, 7) is 2.99. The lowest BCUT2D eigenvalue weighted by Crippen LogP contribution is -2.27. The topological polar surface area (TPSA) is 102 Å². The zero-order valence-electron chi connectivity index (χ0n) is 14.8. The molecule has 0 saturated heterocycles. The normalized spacial score (nSPS) is 17.0. The summed E-state index contributed by atoms with van der Waals surface area (Å²) in [5.74, 6) is -0.956. The van der Waals surface area contributed by atoms with E-state index in [4.69, 9.17) is 4.74 Å². The number of amidine groups is 1. The van der Waals surface area contributed by atoms with E-state index < -0.39 is 28.6 Å². The van der Waals surface area contributed by atoms with Crippen molar-refractivity contribution < 1.29 is 22.7 Å². The van der Waals surface area contributed by atoms with Crippen LogP contribution in [0, 0.1) is 6.92 Å². The first kappa shape index (κ1) is 18.8. The van der Waals surface area contributed by atoms with Crippen LogP contribution in [0.2, 0.25) is 0 Å². The van der Waals surface area contributed by atoms with Gasteiger partial charge in [-0.3, -0.25) is 19.3 Å². The maximum absolute atomic E-state index is 12.3. The number of benzene rings is 2. The van der Waals surface area contributed by atoms with Crippen LogP contribution in [0.25, 0.3) is 0 Å². The largest absolute Gasteiger partial charge is 0.453 e. The lowest BCUT2D eigenvalue weighted by molar-refractivity contribution is -0.144. The third-order valence-corrected chi connectivity index (χ3v) is 5.44. The predicted molar refractivity (Wildman–Crippen MR) is 99.2 cm³/mol. The van der Waals surface area contributed by atoms with Crippen LogP contribution in [0.3, 0.4) is 0 Å². The number of esters is 1. The third-order valence-electron chi connectivity index (χ3n) is 4.04. The molecule has 0 bridgehead atoms. The number of ether oxygens (including phenoxy) is 1. The molecule has 0 saturated carbocycles. The summed E-state index contributed by atoms with van der Waals surface area (Å²) in [4.78, 5) is 28.4. The van der Waals surface area contributed by atoms with E-state index in [-0.39, 0.29) is 16.5 Å². The van der Waals surface area contributed by atoms with Gasteiger partial charge in [0.15, 0.2) is 6.10 Å². The van der Waals surface area contributed by atoms with Crippen LogP contribution in [0.4, 0.5) is 0 Å². The molecular weight excluding hydrogens is 368 g/mol. The van der Waals surface area contributed by atoms with Crippen molar-refractivity contribution in [2.45, 2.75) is 24.8 Å². The number of hydrogen-bond donors (Lipinski definition) is 1. The number of rotatable bonds is 5. The average molecular weight is 386 g/mol. The van der Waals surface area contributed by atoms with E-state index in [9.17, 15) is 18.0 Å². The van der Waals surface area contributed by atoms with Crippen molar-refractivity contribution in [1.82, 2.24) is 4.72 Å². The molecule has 7 nitrogen and oxygen atoms in total. The Hall–Kier alpha value is -3.00. The molecule has 2 aromatic carbocycles. The number of carbonyl (C=O) groups excluding carboxylic acids is 2. The van der Waals surface area contributed by atoms with Gasteiger partial charge in [0.2, 0.25) is 5.78 Å². The number of aryl methyl sites for hydroxylation is 1. The Kier molecular flexibility index (Phi) is 5.09. The van der Waals surface area contributed by atoms with Gasteiger partial charge in [-0.1, -0.05) is 42.0 Å². The summed E-state index contributed by atoms with van der Waals surface area (Å²) >= 11 is 0. The molecule has 0 aliphatic carbocycles. The average Bonchev–Trinajstić information content (AvgIpc) is 2.91. The van der Waals surface area contributed by atoms with Crippen molar-refractivity contribution >= 4 is 27.6 Å². The zero-order valence-corrected chi connectivity index (χ0v) is 15.6. The molecule has 0 radical (unpaired) electrons. The van der Waals surface area contributed by atoms with Crippen LogP contribution >= 0.6 is 0 Å². The minimum Gasteiger partial charge on any atom is -0.453 e. The second kappa shape index (κ2) is 7.32. The van der Waals surface area contributed by atoms with E-state index in [0.717, 1.165) is 5.56 Å². The third kappa shape index (κ3) is 4.06. The van der Waals surface area contributed by atoms with E-state index in [2.05, 4.69) is 9.71 Å². The predicted octanol–water partition coefficient (Wildman–Crippen LogP) is 1.85. The highest BCUT2D eigenvalue weighted by molar-refractivity contribution is 7.90. The summed E-state index contributed by atoms with van der Waals surface area (Å²) in [5, 5.41) is 0. The first-order valence-electron chi connectivity index (χ1n) is 8.25. The maximum Gasteiger partial charge on any atom is 0.328 e. The molecule has 0 fully saturated rings. The Morgan fingerprint density at radius 2 is 1.78 bits per heavy atom. The molecule has 1 aliphatic heterocycles. The number of carbonyl (C=O) groups is 2. The second-order valence-electron chi connectivity index (χ2n) is 6.13. The van der Waals surface area contributed by atoms with Crippen LogP contribution in [0.5, 0.6) is 0 Å². The Morgan fingerprint density at radius 3 is 2.48 bits per heavy atom. The van der Waals surface area contributed by atoms with Gasteiger partial charge in [-0.05, 0) is 26.0 Å². The van der Waals surface area contributed by atoms with Gasteiger partial charge in [-0.15, -0.1) is 0 Å². The number of nitrogens with zero attached hydrogens (tertiary/aromatic N) is 1. The molecule has 1 unspecified atom stereocenters. The molecule has 140 valence electrons. The van der Waals surface area contributed by atoms with Crippen molar-refractivity contribution in [2.75, 3.05) is 6.54 Å². The monoisotopic (exact) mass is 386 g/mol. The summed E-state index contributed by atoms with van der Waals surface area (Å²) in [7, 11) is -3.67. The van der Waals surface area contributed by atoms with Gasteiger partial charge < -0.3 is 4.74 Å². The maximum atomic E-state index is 12.3. The van der Waals surface area contributed by atoms with Gasteiger partial charge in [0.05, 0.1) is 4.90 Å². The SMILES string of the molecule is Cc1ccc(C(=O)C(C)OC(=O)CN=C2NS(=O)(=O)c3ccccc32)cc1. The number of ketones is 1. The number of sulfonamides is 1. The summed E-state index contributed by atoms with van der Waals surface area (Å²) in [6, 6.07) is 13.3. The van der Waals surface area contributed by atoms with E-state index in [1.54, 1.807) is 42.5 Å². The van der Waals surface area contributed by atoms with E-state index in [1.807, 2.05) is 6.92 Å². The van der Waals surface area contributed by atoms with Crippen molar-refractivity contribution in [3.8, 4) is 0 Å². The van der Waals surface area contributed by atoms with Crippen LogP contribution in [-0.4, -0.2) is 38.7 Å². The highest BCUT2D eigenvalue weighted by Gasteiger charge is 2.30. The fourth-order valence-electron chi connectivity index (χ4n) is 2.64. The fourth-order valence-corrected chi connectivity index (χ4v) is 3.89. The molecule has 0 spiro atoms. The molecule has 27 heavy (non-hydrogen) atoms. The Labute approximate surface area is 157 Å². The molecule has 2 aromatic rings. The first-order valence-corrected chi connectivity index (χ1v) is 9.73. The molecule has 1 atom stereocenters. The van der Waals surface area contributed by atoms with Crippen molar-refractivity contribution in [3.05, 3.63) is 65.2 Å². The van der Waals surface area contributed by atoms with Crippen LogP contribution in [0.15, 0.2) is 58.4 Å². The van der Waals surface area contributed by atoms with Gasteiger partial charge in [-0.2, -0.15) is 0 Å². The van der Waals surface area contributed by atoms with Crippen LogP contribution < -0.4 is 4.72 Å². The lowest BCUT2D eigenvalue weighted by atomic mass is 10.1. The van der Waals surface area contributed by atoms with Gasteiger partial charge in [0, 0.05) is 11.1 Å². The van der Waals surface area contributed by atoms with Gasteiger partial charge in [-0.25, -0.2) is 8.42 Å². The van der Waals surface area contributed by atoms with E-state index in [1.165, 1.54) is 13.0 Å². The quantitative estimate of drug-likeness (QED) is 0.624. The smallest absolute Gasteiger partial charge is 0.328 e. The van der Waals surface area contributed by atoms with Crippen molar-refractivity contribution in [1.29, 1.82) is 0 Å².